The van der Waals surface area contributed by atoms with Crippen LogP contribution in [0.1, 0.15) is 16.7 Å². The SMILES string of the molecule is Cc1cccc(CNc2cc(NCCc3ccccc3F)ncn2)c1. The molecular formula is C20H21FN4. The van der Waals surface area contributed by atoms with E-state index in [1.807, 2.05) is 18.2 Å². The molecular weight excluding hydrogens is 315 g/mol. The van der Waals surface area contributed by atoms with E-state index in [1.165, 1.54) is 23.5 Å². The minimum Gasteiger partial charge on any atom is -0.370 e. The summed E-state index contributed by atoms with van der Waals surface area (Å²) in [7, 11) is 0. The largest absolute Gasteiger partial charge is 0.370 e. The van der Waals surface area contributed by atoms with E-state index in [-0.39, 0.29) is 5.82 Å². The molecule has 2 N–H and O–H groups in total. The minimum atomic E-state index is -0.174. The van der Waals surface area contributed by atoms with Crippen LogP contribution in [0.4, 0.5) is 16.0 Å². The third kappa shape index (κ3) is 5.01. The molecule has 0 amide bonds. The highest BCUT2D eigenvalue weighted by atomic mass is 19.1. The van der Waals surface area contributed by atoms with Gasteiger partial charge in [-0.1, -0.05) is 48.0 Å². The average molecular weight is 336 g/mol. The minimum absolute atomic E-state index is 0.174. The molecule has 5 heteroatoms. The van der Waals surface area contributed by atoms with Crippen LogP contribution in [0.2, 0.25) is 0 Å². The molecule has 2 aromatic carbocycles. The zero-order valence-electron chi connectivity index (χ0n) is 14.2. The van der Waals surface area contributed by atoms with Gasteiger partial charge in [0.15, 0.2) is 0 Å². The summed E-state index contributed by atoms with van der Waals surface area (Å²) in [5, 5.41) is 6.50. The predicted octanol–water partition coefficient (Wildman–Crippen LogP) is 4.19. The Kier molecular flexibility index (Phi) is 5.57. The molecule has 3 rings (SSSR count). The Hall–Kier alpha value is -2.95. The van der Waals surface area contributed by atoms with Crippen molar-refractivity contribution in [3.05, 3.63) is 83.4 Å². The molecule has 25 heavy (non-hydrogen) atoms. The number of hydrogen-bond donors (Lipinski definition) is 2. The van der Waals surface area contributed by atoms with Gasteiger partial charge in [-0.15, -0.1) is 0 Å². The number of rotatable bonds is 7. The molecule has 1 heterocycles. The number of nitrogens with zero attached hydrogens (tertiary/aromatic N) is 2. The first-order valence-electron chi connectivity index (χ1n) is 8.29. The summed E-state index contributed by atoms with van der Waals surface area (Å²) < 4.78 is 13.6. The van der Waals surface area contributed by atoms with Gasteiger partial charge in [-0.25, -0.2) is 14.4 Å². The van der Waals surface area contributed by atoms with E-state index in [0.717, 1.165) is 11.6 Å². The van der Waals surface area contributed by atoms with Crippen LogP contribution in [-0.4, -0.2) is 16.5 Å². The Labute approximate surface area is 147 Å². The van der Waals surface area contributed by atoms with Gasteiger partial charge in [0.2, 0.25) is 0 Å². The molecule has 128 valence electrons. The zero-order valence-corrected chi connectivity index (χ0v) is 14.2. The maximum atomic E-state index is 13.6. The van der Waals surface area contributed by atoms with Crippen molar-refractivity contribution in [2.75, 3.05) is 17.2 Å². The Morgan fingerprint density at radius 1 is 0.920 bits per heavy atom. The van der Waals surface area contributed by atoms with Crippen LogP contribution in [0, 0.1) is 12.7 Å². The molecule has 0 aliphatic carbocycles. The molecule has 0 saturated carbocycles. The number of halogens is 1. The zero-order chi connectivity index (χ0) is 17.5. The molecule has 1 aromatic heterocycles. The van der Waals surface area contributed by atoms with E-state index in [2.05, 4.69) is 45.7 Å². The number of hydrogen-bond acceptors (Lipinski definition) is 4. The summed E-state index contributed by atoms with van der Waals surface area (Å²) in [5.41, 5.74) is 3.13. The van der Waals surface area contributed by atoms with E-state index in [4.69, 9.17) is 0 Å². The highest BCUT2D eigenvalue weighted by Gasteiger charge is 2.02. The van der Waals surface area contributed by atoms with Crippen molar-refractivity contribution in [2.45, 2.75) is 19.9 Å². The van der Waals surface area contributed by atoms with Crippen molar-refractivity contribution >= 4 is 11.6 Å². The predicted molar refractivity (Wildman–Crippen MR) is 99.1 cm³/mol. The van der Waals surface area contributed by atoms with Gasteiger partial charge >= 0.3 is 0 Å². The van der Waals surface area contributed by atoms with E-state index < -0.39 is 0 Å². The van der Waals surface area contributed by atoms with Gasteiger partial charge in [-0.2, -0.15) is 0 Å². The monoisotopic (exact) mass is 336 g/mol. The highest BCUT2D eigenvalue weighted by molar-refractivity contribution is 5.47. The second-order valence-electron chi connectivity index (χ2n) is 5.90. The van der Waals surface area contributed by atoms with E-state index >= 15 is 0 Å². The topological polar surface area (TPSA) is 49.8 Å². The first-order chi connectivity index (χ1) is 12.2. The van der Waals surface area contributed by atoms with Crippen LogP contribution in [0.25, 0.3) is 0 Å². The third-order valence-corrected chi connectivity index (χ3v) is 3.88. The maximum Gasteiger partial charge on any atom is 0.131 e. The van der Waals surface area contributed by atoms with Crippen LogP contribution in [0.3, 0.4) is 0 Å². The Balaban J connectivity index is 1.53. The Bertz CT molecular complexity index is 835. The summed E-state index contributed by atoms with van der Waals surface area (Å²) in [4.78, 5) is 8.44. The van der Waals surface area contributed by atoms with Crippen molar-refractivity contribution in [1.82, 2.24) is 9.97 Å². The molecule has 0 radical (unpaired) electrons. The number of aromatic nitrogens is 2. The van der Waals surface area contributed by atoms with Gasteiger partial charge in [0.25, 0.3) is 0 Å². The highest BCUT2D eigenvalue weighted by Crippen LogP contribution is 2.12. The standard InChI is InChI=1S/C20H21FN4/c1-15-5-4-6-16(11-15)13-23-20-12-19(24-14-25-20)22-10-9-17-7-2-3-8-18(17)21/h2-8,11-12,14H,9-10,13H2,1H3,(H2,22,23,24,25). The first kappa shape index (κ1) is 16.9. The van der Waals surface area contributed by atoms with Gasteiger partial charge in [-0.05, 0) is 30.5 Å². The molecule has 0 spiro atoms. The number of benzene rings is 2. The Morgan fingerprint density at radius 2 is 1.72 bits per heavy atom. The normalized spacial score (nSPS) is 10.5. The molecule has 0 bridgehead atoms. The smallest absolute Gasteiger partial charge is 0.131 e. The van der Waals surface area contributed by atoms with E-state index in [9.17, 15) is 4.39 Å². The Morgan fingerprint density at radius 3 is 2.52 bits per heavy atom. The van der Waals surface area contributed by atoms with Crippen LogP contribution >= 0.6 is 0 Å². The lowest BCUT2D eigenvalue weighted by molar-refractivity contribution is 0.610. The van der Waals surface area contributed by atoms with Gasteiger partial charge in [0.05, 0.1) is 0 Å². The van der Waals surface area contributed by atoms with Crippen molar-refractivity contribution < 1.29 is 4.39 Å². The molecule has 0 unspecified atom stereocenters. The van der Waals surface area contributed by atoms with Crippen LogP contribution in [0.5, 0.6) is 0 Å². The van der Waals surface area contributed by atoms with Crippen molar-refractivity contribution in [2.24, 2.45) is 0 Å². The lowest BCUT2D eigenvalue weighted by atomic mass is 10.1. The third-order valence-electron chi connectivity index (χ3n) is 3.88. The number of anilines is 2. The molecule has 0 aliphatic heterocycles. The molecule has 4 nitrogen and oxygen atoms in total. The summed E-state index contributed by atoms with van der Waals surface area (Å²) in [5.74, 6) is 1.30. The fraction of sp³-hybridized carbons (Fsp3) is 0.200. The van der Waals surface area contributed by atoms with Gasteiger partial charge in [0.1, 0.15) is 23.8 Å². The van der Waals surface area contributed by atoms with Gasteiger partial charge in [0, 0.05) is 19.2 Å². The molecule has 0 fully saturated rings. The van der Waals surface area contributed by atoms with Crippen molar-refractivity contribution in [3.63, 3.8) is 0 Å². The lowest BCUT2D eigenvalue weighted by Gasteiger charge is -2.09. The molecule has 0 saturated heterocycles. The lowest BCUT2D eigenvalue weighted by Crippen LogP contribution is -2.09. The number of aryl methyl sites for hydroxylation is 1. The molecule has 0 atom stereocenters. The quantitative estimate of drug-likeness (QED) is 0.679. The van der Waals surface area contributed by atoms with Crippen molar-refractivity contribution in [3.8, 4) is 0 Å². The first-order valence-corrected chi connectivity index (χ1v) is 8.29. The van der Waals surface area contributed by atoms with Crippen LogP contribution in [0.15, 0.2) is 60.9 Å². The van der Waals surface area contributed by atoms with E-state index in [0.29, 0.717) is 25.1 Å². The second-order valence-corrected chi connectivity index (χ2v) is 5.90. The second kappa shape index (κ2) is 8.24. The molecule has 0 aliphatic rings. The van der Waals surface area contributed by atoms with Gasteiger partial charge < -0.3 is 10.6 Å². The molecule has 3 aromatic rings. The summed E-state index contributed by atoms with van der Waals surface area (Å²) >= 11 is 0. The van der Waals surface area contributed by atoms with Crippen molar-refractivity contribution in [1.29, 1.82) is 0 Å². The maximum absolute atomic E-state index is 13.6. The number of nitrogens with one attached hydrogen (secondary N) is 2. The summed E-state index contributed by atoms with van der Waals surface area (Å²) in [6, 6.07) is 17.0. The van der Waals surface area contributed by atoms with Crippen LogP contribution < -0.4 is 10.6 Å². The van der Waals surface area contributed by atoms with E-state index in [1.54, 1.807) is 12.1 Å². The fourth-order valence-electron chi connectivity index (χ4n) is 2.59. The average Bonchev–Trinajstić information content (AvgIpc) is 2.62. The van der Waals surface area contributed by atoms with Crippen LogP contribution in [-0.2, 0) is 13.0 Å². The van der Waals surface area contributed by atoms with Gasteiger partial charge in [-0.3, -0.25) is 0 Å². The summed E-state index contributed by atoms with van der Waals surface area (Å²) in [6.07, 6.45) is 2.12. The fourth-order valence-corrected chi connectivity index (χ4v) is 2.59. The summed E-state index contributed by atoms with van der Waals surface area (Å²) in [6.45, 7) is 3.38.